The topological polar surface area (TPSA) is 56.2 Å². The first-order chi connectivity index (χ1) is 13.8. The van der Waals surface area contributed by atoms with E-state index in [1.54, 1.807) is 23.9 Å². The SMILES string of the molecule is Cc1ccc(Cn2nccc2NC(=O)[C@@H](C)Oc2cc(C)ccc2C(C)C)cc1. The fraction of sp³-hybridized carbons (Fsp3) is 0.333. The van der Waals surface area contributed by atoms with Gasteiger partial charge in [-0.3, -0.25) is 4.79 Å². The van der Waals surface area contributed by atoms with Crippen molar-refractivity contribution in [3.05, 3.63) is 77.0 Å². The number of anilines is 1. The van der Waals surface area contributed by atoms with Gasteiger partial charge >= 0.3 is 0 Å². The minimum Gasteiger partial charge on any atom is -0.481 e. The molecule has 3 aromatic rings. The van der Waals surface area contributed by atoms with Gasteiger partial charge in [-0.05, 0) is 49.4 Å². The number of aryl methyl sites for hydroxylation is 2. The van der Waals surface area contributed by atoms with Crippen LogP contribution in [0, 0.1) is 13.8 Å². The number of nitrogens with zero attached hydrogens (tertiary/aromatic N) is 2. The maximum absolute atomic E-state index is 12.8. The van der Waals surface area contributed by atoms with Crippen molar-refractivity contribution in [2.75, 3.05) is 5.32 Å². The van der Waals surface area contributed by atoms with Crippen molar-refractivity contribution in [1.82, 2.24) is 9.78 Å². The van der Waals surface area contributed by atoms with E-state index in [4.69, 9.17) is 4.74 Å². The predicted octanol–water partition coefficient (Wildman–Crippen LogP) is 5.08. The van der Waals surface area contributed by atoms with Crippen molar-refractivity contribution in [3.63, 3.8) is 0 Å². The average molecular weight is 392 g/mol. The van der Waals surface area contributed by atoms with Crippen molar-refractivity contribution in [2.24, 2.45) is 0 Å². The minimum atomic E-state index is -0.628. The van der Waals surface area contributed by atoms with Crippen LogP contribution in [0.5, 0.6) is 5.75 Å². The van der Waals surface area contributed by atoms with Gasteiger partial charge in [0.25, 0.3) is 5.91 Å². The largest absolute Gasteiger partial charge is 0.481 e. The second-order valence-corrected chi connectivity index (χ2v) is 7.81. The van der Waals surface area contributed by atoms with Gasteiger partial charge in [-0.2, -0.15) is 5.10 Å². The van der Waals surface area contributed by atoms with Crippen LogP contribution in [-0.4, -0.2) is 21.8 Å². The minimum absolute atomic E-state index is 0.202. The molecule has 0 spiro atoms. The summed E-state index contributed by atoms with van der Waals surface area (Å²) in [7, 11) is 0. The van der Waals surface area contributed by atoms with E-state index in [9.17, 15) is 4.79 Å². The van der Waals surface area contributed by atoms with Crippen LogP contribution >= 0.6 is 0 Å². The third-order valence-corrected chi connectivity index (χ3v) is 4.88. The molecule has 0 saturated carbocycles. The summed E-state index contributed by atoms with van der Waals surface area (Å²) in [6, 6.07) is 16.2. The van der Waals surface area contributed by atoms with Gasteiger partial charge in [0, 0.05) is 6.07 Å². The lowest BCUT2D eigenvalue weighted by molar-refractivity contribution is -0.122. The number of carbonyl (C=O) groups is 1. The summed E-state index contributed by atoms with van der Waals surface area (Å²) in [5.74, 6) is 1.53. The van der Waals surface area contributed by atoms with Crippen LogP contribution in [0.1, 0.15) is 48.9 Å². The van der Waals surface area contributed by atoms with Crippen LogP contribution in [0.2, 0.25) is 0 Å². The Morgan fingerprint density at radius 3 is 2.41 bits per heavy atom. The Morgan fingerprint density at radius 1 is 1.03 bits per heavy atom. The summed E-state index contributed by atoms with van der Waals surface area (Å²) in [4.78, 5) is 12.8. The molecule has 0 aliphatic heterocycles. The quantitative estimate of drug-likeness (QED) is 0.611. The highest BCUT2D eigenvalue weighted by Crippen LogP contribution is 2.28. The van der Waals surface area contributed by atoms with E-state index < -0.39 is 6.10 Å². The Kier molecular flexibility index (Phi) is 6.37. The van der Waals surface area contributed by atoms with E-state index in [2.05, 4.69) is 67.6 Å². The number of ether oxygens (including phenoxy) is 1. The highest BCUT2D eigenvalue weighted by atomic mass is 16.5. The molecule has 0 fully saturated rings. The average Bonchev–Trinajstić information content (AvgIpc) is 3.10. The highest BCUT2D eigenvalue weighted by molar-refractivity contribution is 5.93. The van der Waals surface area contributed by atoms with E-state index in [0.29, 0.717) is 18.3 Å². The number of carbonyl (C=O) groups excluding carboxylic acids is 1. The number of nitrogens with one attached hydrogen (secondary N) is 1. The van der Waals surface area contributed by atoms with Crippen LogP contribution in [0.3, 0.4) is 0 Å². The Morgan fingerprint density at radius 2 is 1.72 bits per heavy atom. The standard InChI is InChI=1S/C24H29N3O2/c1-16(2)21-11-8-18(4)14-22(21)29-19(5)24(28)26-23-12-13-25-27(23)15-20-9-6-17(3)7-10-20/h6-14,16,19H,15H2,1-5H3,(H,26,28)/t19-/m1/s1. The molecule has 1 aromatic heterocycles. The molecule has 1 N–H and O–H groups in total. The predicted molar refractivity (Wildman–Crippen MR) is 116 cm³/mol. The zero-order valence-corrected chi connectivity index (χ0v) is 17.8. The molecule has 5 nitrogen and oxygen atoms in total. The molecule has 2 aromatic carbocycles. The number of hydrogen-bond donors (Lipinski definition) is 1. The lowest BCUT2D eigenvalue weighted by Gasteiger charge is -2.19. The zero-order valence-electron chi connectivity index (χ0n) is 17.8. The fourth-order valence-electron chi connectivity index (χ4n) is 3.12. The molecule has 0 unspecified atom stereocenters. The smallest absolute Gasteiger partial charge is 0.266 e. The van der Waals surface area contributed by atoms with Gasteiger partial charge in [0.1, 0.15) is 11.6 Å². The molecule has 0 bridgehead atoms. The van der Waals surface area contributed by atoms with E-state index in [1.165, 1.54) is 5.56 Å². The zero-order chi connectivity index (χ0) is 21.0. The number of amides is 1. The van der Waals surface area contributed by atoms with Gasteiger partial charge in [-0.1, -0.05) is 55.8 Å². The first-order valence-electron chi connectivity index (χ1n) is 9.99. The molecule has 1 amide bonds. The summed E-state index contributed by atoms with van der Waals surface area (Å²) >= 11 is 0. The maximum Gasteiger partial charge on any atom is 0.266 e. The lowest BCUT2D eigenvalue weighted by Crippen LogP contribution is -2.31. The van der Waals surface area contributed by atoms with Gasteiger partial charge in [-0.15, -0.1) is 0 Å². The van der Waals surface area contributed by atoms with E-state index in [1.807, 2.05) is 13.0 Å². The first kappa shape index (κ1) is 20.6. The van der Waals surface area contributed by atoms with Crippen molar-refractivity contribution in [1.29, 1.82) is 0 Å². The second-order valence-electron chi connectivity index (χ2n) is 7.81. The van der Waals surface area contributed by atoms with E-state index >= 15 is 0 Å². The van der Waals surface area contributed by atoms with Gasteiger partial charge in [-0.25, -0.2) is 4.68 Å². The van der Waals surface area contributed by atoms with Crippen molar-refractivity contribution >= 4 is 11.7 Å². The van der Waals surface area contributed by atoms with Crippen molar-refractivity contribution < 1.29 is 9.53 Å². The summed E-state index contributed by atoms with van der Waals surface area (Å²) in [5.41, 5.74) is 4.54. The van der Waals surface area contributed by atoms with Crippen LogP contribution in [-0.2, 0) is 11.3 Å². The Labute approximate surface area is 172 Å². The third-order valence-electron chi connectivity index (χ3n) is 4.88. The summed E-state index contributed by atoms with van der Waals surface area (Å²) in [6.07, 6.45) is 1.06. The molecule has 5 heteroatoms. The van der Waals surface area contributed by atoms with Crippen molar-refractivity contribution in [3.8, 4) is 5.75 Å². The number of rotatable bonds is 7. The maximum atomic E-state index is 12.8. The molecule has 0 aliphatic rings. The lowest BCUT2D eigenvalue weighted by atomic mass is 10.0. The number of benzene rings is 2. The molecule has 1 heterocycles. The molecule has 0 saturated heterocycles. The van der Waals surface area contributed by atoms with Crippen molar-refractivity contribution in [2.45, 2.75) is 53.2 Å². The van der Waals surface area contributed by atoms with Gasteiger partial charge in [0.05, 0.1) is 12.7 Å². The summed E-state index contributed by atoms with van der Waals surface area (Å²) in [5, 5.41) is 7.28. The molecule has 0 radical (unpaired) electrons. The molecule has 152 valence electrons. The summed E-state index contributed by atoms with van der Waals surface area (Å²) in [6.45, 7) is 10.7. The Bertz CT molecular complexity index is 974. The van der Waals surface area contributed by atoms with Gasteiger partial charge < -0.3 is 10.1 Å². The van der Waals surface area contributed by atoms with Crippen LogP contribution in [0.4, 0.5) is 5.82 Å². The summed E-state index contributed by atoms with van der Waals surface area (Å²) < 4.78 is 7.81. The third kappa shape index (κ3) is 5.25. The monoisotopic (exact) mass is 391 g/mol. The van der Waals surface area contributed by atoms with E-state index in [0.717, 1.165) is 22.4 Å². The normalized spacial score (nSPS) is 12.1. The fourth-order valence-corrected chi connectivity index (χ4v) is 3.12. The Balaban J connectivity index is 1.69. The highest BCUT2D eigenvalue weighted by Gasteiger charge is 2.19. The molecular weight excluding hydrogens is 362 g/mol. The molecule has 3 rings (SSSR count). The van der Waals surface area contributed by atoms with Crippen LogP contribution < -0.4 is 10.1 Å². The van der Waals surface area contributed by atoms with Crippen LogP contribution in [0.25, 0.3) is 0 Å². The number of hydrogen-bond acceptors (Lipinski definition) is 3. The Hall–Kier alpha value is -3.08. The van der Waals surface area contributed by atoms with Crippen LogP contribution in [0.15, 0.2) is 54.7 Å². The van der Waals surface area contributed by atoms with Gasteiger partial charge in [0.15, 0.2) is 6.10 Å². The van der Waals surface area contributed by atoms with Gasteiger partial charge in [0.2, 0.25) is 0 Å². The molecular formula is C24H29N3O2. The first-order valence-corrected chi connectivity index (χ1v) is 9.99. The number of aromatic nitrogens is 2. The van der Waals surface area contributed by atoms with E-state index in [-0.39, 0.29) is 5.91 Å². The molecule has 29 heavy (non-hydrogen) atoms. The molecule has 0 aliphatic carbocycles. The second kappa shape index (κ2) is 8.95. The molecule has 1 atom stereocenters.